The van der Waals surface area contributed by atoms with Gasteiger partial charge in [0, 0.05) is 45.5 Å². The van der Waals surface area contributed by atoms with Crippen molar-refractivity contribution in [3.05, 3.63) is 179 Å². The standard InChI is InChI=1S/C66H78BN3/c1-61(2,3)43-19-29-49(30-20-43)68(50-31-21-44(22-32-50)62(4,5)6)53-41-58-60-59(42-53)70(52-35-25-46(26-36-52)64(10,11)12)57-38-28-48(66(16,17)18)40-55(57)67(60)54-39-47(65(13,14)15)27-37-56(54)69(58)51-33-23-45(24-34-51)63(7,8)9/h19-42H,1-18H3/i27D,28D,37D,38D,39D,40D. The van der Waals surface area contributed by atoms with Crippen molar-refractivity contribution in [1.82, 2.24) is 0 Å². The van der Waals surface area contributed by atoms with Crippen molar-refractivity contribution < 1.29 is 8.22 Å². The van der Waals surface area contributed by atoms with E-state index in [1.54, 1.807) is 0 Å². The molecule has 0 amide bonds. The molecule has 7 aromatic carbocycles. The molecule has 360 valence electrons. The van der Waals surface area contributed by atoms with Crippen molar-refractivity contribution in [3.8, 4) is 0 Å². The summed E-state index contributed by atoms with van der Waals surface area (Å²) in [6.07, 6.45) is 0. The van der Waals surface area contributed by atoms with Gasteiger partial charge in [0.15, 0.2) is 0 Å². The zero-order chi connectivity index (χ0) is 55.9. The number of nitrogens with zero attached hydrogens (tertiary/aromatic N) is 3. The maximum atomic E-state index is 10.5. The third-order valence-electron chi connectivity index (χ3n) is 14.3. The third-order valence-corrected chi connectivity index (χ3v) is 14.3. The largest absolute Gasteiger partial charge is 0.311 e. The Bertz CT molecular complexity index is 3190. The molecule has 0 saturated carbocycles. The molecule has 0 bridgehead atoms. The fourth-order valence-electron chi connectivity index (χ4n) is 9.85. The minimum absolute atomic E-state index is 0.00615. The summed E-state index contributed by atoms with van der Waals surface area (Å²) in [5.41, 5.74) is 12.2. The number of benzene rings is 7. The highest BCUT2D eigenvalue weighted by Gasteiger charge is 2.45. The zero-order valence-corrected chi connectivity index (χ0v) is 45.3. The maximum Gasteiger partial charge on any atom is 0.252 e. The fourth-order valence-corrected chi connectivity index (χ4v) is 9.85. The summed E-state index contributed by atoms with van der Waals surface area (Å²) < 4.78 is 61.3. The van der Waals surface area contributed by atoms with Crippen molar-refractivity contribution in [2.75, 3.05) is 14.7 Å². The van der Waals surface area contributed by atoms with Crippen LogP contribution in [0.3, 0.4) is 0 Å². The number of hydrogen-bond donors (Lipinski definition) is 0. The Hall–Kier alpha value is -6.00. The van der Waals surface area contributed by atoms with Gasteiger partial charge in [0.25, 0.3) is 6.71 Å². The van der Waals surface area contributed by atoms with Crippen molar-refractivity contribution in [3.63, 3.8) is 0 Å². The maximum absolute atomic E-state index is 10.5. The van der Waals surface area contributed by atoms with E-state index in [1.807, 2.05) is 41.5 Å². The summed E-state index contributed by atoms with van der Waals surface area (Å²) in [6.45, 7) is 37.7. The Balaban J connectivity index is 1.52. The SMILES string of the molecule is [2H]c1c([2H])c(C(C)(C)C)c([2H])c2c1N(c1ccc(C(C)(C)C)cc1)c1cc(N(c3ccc(C(C)(C)C)cc3)c3ccc(C(C)(C)C)cc3)cc3c1B2c1c([2H])c(C(C)(C)C)c([2H])c([2H])c1N3c1ccc(C(C)(C)C)cc1. The Morgan fingerprint density at radius 2 is 0.629 bits per heavy atom. The summed E-state index contributed by atoms with van der Waals surface area (Å²) in [4.78, 5) is 6.50. The number of fused-ring (bicyclic) bond motifs is 4. The molecule has 0 aromatic heterocycles. The monoisotopic (exact) mass is 930 g/mol. The average Bonchev–Trinajstić information content (AvgIpc) is 3.30. The van der Waals surface area contributed by atoms with Gasteiger partial charge in [0.2, 0.25) is 0 Å². The summed E-state index contributed by atoms with van der Waals surface area (Å²) in [5.74, 6) is 0. The van der Waals surface area contributed by atoms with Crippen LogP contribution in [-0.2, 0) is 32.5 Å². The Morgan fingerprint density at radius 3 is 0.914 bits per heavy atom. The molecule has 70 heavy (non-hydrogen) atoms. The van der Waals surface area contributed by atoms with Gasteiger partial charge in [0.1, 0.15) is 0 Å². The van der Waals surface area contributed by atoms with Crippen LogP contribution in [0.4, 0.5) is 51.2 Å². The molecular weight excluding hydrogens is 846 g/mol. The van der Waals surface area contributed by atoms with Gasteiger partial charge in [-0.15, -0.1) is 0 Å². The smallest absolute Gasteiger partial charge is 0.252 e. The van der Waals surface area contributed by atoms with E-state index in [4.69, 9.17) is 0 Å². The molecular formula is C66H78BN3. The molecule has 2 heterocycles. The zero-order valence-electron chi connectivity index (χ0n) is 51.3. The number of anilines is 9. The summed E-state index contributed by atoms with van der Waals surface area (Å²) in [6, 6.07) is 39.2. The molecule has 0 atom stereocenters. The predicted octanol–water partition coefficient (Wildman–Crippen LogP) is 17.0. The Kier molecular flexibility index (Phi) is 10.0. The molecule has 0 saturated heterocycles. The van der Waals surface area contributed by atoms with Gasteiger partial charge in [-0.25, -0.2) is 0 Å². The van der Waals surface area contributed by atoms with Gasteiger partial charge in [-0.1, -0.05) is 197 Å². The van der Waals surface area contributed by atoms with Crippen LogP contribution in [0.5, 0.6) is 0 Å². The van der Waals surface area contributed by atoms with E-state index in [0.29, 0.717) is 33.4 Å². The molecule has 0 spiro atoms. The first-order valence-corrected chi connectivity index (χ1v) is 25.3. The van der Waals surface area contributed by atoms with E-state index >= 15 is 0 Å². The normalized spacial score (nSPS) is 15.3. The topological polar surface area (TPSA) is 9.72 Å². The van der Waals surface area contributed by atoms with Crippen molar-refractivity contribution in [1.29, 1.82) is 0 Å². The van der Waals surface area contributed by atoms with Crippen molar-refractivity contribution >= 4 is 74.3 Å². The molecule has 0 aliphatic carbocycles. The highest BCUT2D eigenvalue weighted by atomic mass is 15.2. The van der Waals surface area contributed by atoms with E-state index in [0.717, 1.165) is 56.4 Å². The van der Waals surface area contributed by atoms with Gasteiger partial charge >= 0.3 is 0 Å². The fraction of sp³-hybridized carbons (Fsp3) is 0.364. The molecule has 2 aliphatic heterocycles. The van der Waals surface area contributed by atoms with E-state index in [1.165, 1.54) is 11.1 Å². The Labute approximate surface area is 431 Å². The quantitative estimate of drug-likeness (QED) is 0.159. The van der Waals surface area contributed by atoms with Gasteiger partial charge < -0.3 is 14.7 Å². The second-order valence-electron chi connectivity index (χ2n) is 26.0. The molecule has 0 fully saturated rings. The Morgan fingerprint density at radius 1 is 0.343 bits per heavy atom. The van der Waals surface area contributed by atoms with Crippen LogP contribution in [0, 0.1) is 0 Å². The lowest BCUT2D eigenvalue weighted by molar-refractivity contribution is 0.590. The van der Waals surface area contributed by atoms with Gasteiger partial charge in [-0.05, 0) is 155 Å². The number of rotatable bonds is 5. The summed E-state index contributed by atoms with van der Waals surface area (Å²) >= 11 is 0. The molecule has 0 radical (unpaired) electrons. The van der Waals surface area contributed by atoms with Crippen LogP contribution in [0.25, 0.3) is 0 Å². The predicted molar refractivity (Wildman–Crippen MR) is 307 cm³/mol. The lowest BCUT2D eigenvalue weighted by atomic mass is 9.33. The molecule has 9 rings (SSSR count). The summed E-state index contributed by atoms with van der Waals surface area (Å²) in [7, 11) is 0. The van der Waals surface area contributed by atoms with Gasteiger partial charge in [-0.2, -0.15) is 0 Å². The highest BCUT2D eigenvalue weighted by Crippen LogP contribution is 2.49. The van der Waals surface area contributed by atoms with Crippen molar-refractivity contribution in [2.24, 2.45) is 0 Å². The lowest BCUT2D eigenvalue weighted by Gasteiger charge is -2.45. The second kappa shape index (κ2) is 16.8. The van der Waals surface area contributed by atoms with Crippen LogP contribution in [0.2, 0.25) is 0 Å². The van der Waals surface area contributed by atoms with Crippen LogP contribution >= 0.6 is 0 Å². The molecule has 3 nitrogen and oxygen atoms in total. The van der Waals surface area contributed by atoms with Crippen LogP contribution in [0.1, 0.15) is 166 Å². The van der Waals surface area contributed by atoms with Crippen molar-refractivity contribution in [2.45, 2.75) is 157 Å². The van der Waals surface area contributed by atoms with E-state index in [2.05, 4.69) is 207 Å². The minimum Gasteiger partial charge on any atom is -0.311 e. The highest BCUT2D eigenvalue weighted by molar-refractivity contribution is 7.00. The third kappa shape index (κ3) is 9.01. The molecule has 7 aromatic rings. The van der Waals surface area contributed by atoms with Gasteiger partial charge in [0.05, 0.1) is 13.9 Å². The number of hydrogen-bond acceptors (Lipinski definition) is 3. The van der Waals surface area contributed by atoms with E-state index in [9.17, 15) is 8.22 Å². The lowest BCUT2D eigenvalue weighted by Crippen LogP contribution is -2.61. The summed E-state index contributed by atoms with van der Waals surface area (Å²) in [5, 5.41) is 0. The average molecular weight is 930 g/mol. The van der Waals surface area contributed by atoms with Crippen LogP contribution in [-0.4, -0.2) is 6.71 Å². The van der Waals surface area contributed by atoms with Crippen LogP contribution < -0.4 is 31.1 Å². The first-order chi connectivity index (χ1) is 35.0. The first-order valence-electron chi connectivity index (χ1n) is 28.3. The van der Waals surface area contributed by atoms with Crippen LogP contribution in [0.15, 0.2) is 145 Å². The van der Waals surface area contributed by atoms with E-state index < -0.39 is 17.5 Å². The molecule has 4 heteroatoms. The first kappa shape index (κ1) is 41.8. The second-order valence-corrected chi connectivity index (χ2v) is 26.0. The minimum atomic E-state index is -0.832. The molecule has 0 unspecified atom stereocenters. The van der Waals surface area contributed by atoms with Gasteiger partial charge in [-0.3, -0.25) is 0 Å². The molecule has 0 N–H and O–H groups in total. The van der Waals surface area contributed by atoms with E-state index in [-0.39, 0.29) is 57.9 Å². The molecule has 2 aliphatic rings.